The molecule has 1 N–H and O–H groups in total. The number of fused-ring (bicyclic) bond motifs is 5. The highest BCUT2D eigenvalue weighted by Gasteiger charge is 2.61. The number of hydrogen-bond acceptors (Lipinski definition) is 5. The molecule has 0 aromatic carbocycles. The number of rotatable bonds is 2. The normalized spacial score (nSPS) is 48.0. The SMILES string of the molecule is C[C@]12CCC(=O)CC1/C(=N/OCO)C[C@@H]1[C@@H]2CC[C@]2(C)C(=O)CC[C@@H]12. The molecule has 1 unspecified atom stereocenters. The molecule has 0 spiro atoms. The third-order valence-electron chi connectivity index (χ3n) is 8.25. The van der Waals surface area contributed by atoms with Crippen molar-refractivity contribution in [2.75, 3.05) is 6.79 Å². The van der Waals surface area contributed by atoms with Crippen LogP contribution in [0, 0.1) is 34.5 Å². The maximum Gasteiger partial charge on any atom is 0.214 e. The number of aliphatic hydroxyl groups excluding tert-OH is 1. The van der Waals surface area contributed by atoms with Gasteiger partial charge in [0, 0.05) is 30.6 Å². The summed E-state index contributed by atoms with van der Waals surface area (Å²) in [5.41, 5.74) is 0.827. The van der Waals surface area contributed by atoms with Gasteiger partial charge in [-0.15, -0.1) is 0 Å². The van der Waals surface area contributed by atoms with Crippen LogP contribution in [0.1, 0.15) is 65.2 Å². The molecule has 5 heteroatoms. The first-order valence-electron chi connectivity index (χ1n) is 9.75. The van der Waals surface area contributed by atoms with E-state index in [1.165, 1.54) is 0 Å². The fraction of sp³-hybridized carbons (Fsp3) is 0.850. The van der Waals surface area contributed by atoms with Crippen molar-refractivity contribution in [2.24, 2.45) is 39.7 Å². The van der Waals surface area contributed by atoms with Crippen molar-refractivity contribution in [3.63, 3.8) is 0 Å². The third kappa shape index (κ3) is 2.42. The van der Waals surface area contributed by atoms with E-state index in [9.17, 15) is 9.59 Å². The highest BCUT2D eigenvalue weighted by atomic mass is 16.7. The molecular weight excluding hydrogens is 318 g/mol. The molecule has 4 saturated carbocycles. The summed E-state index contributed by atoms with van der Waals surface area (Å²) < 4.78 is 0. The molecule has 0 bridgehead atoms. The van der Waals surface area contributed by atoms with Crippen molar-refractivity contribution < 1.29 is 19.5 Å². The fourth-order valence-corrected chi connectivity index (χ4v) is 6.85. The van der Waals surface area contributed by atoms with Gasteiger partial charge in [-0.3, -0.25) is 9.59 Å². The van der Waals surface area contributed by atoms with Crippen molar-refractivity contribution in [3.05, 3.63) is 0 Å². The zero-order chi connectivity index (χ0) is 17.8. The van der Waals surface area contributed by atoms with Crippen LogP contribution < -0.4 is 0 Å². The van der Waals surface area contributed by atoms with Crippen LogP contribution in [0.3, 0.4) is 0 Å². The molecule has 4 aliphatic carbocycles. The molecule has 4 aliphatic rings. The van der Waals surface area contributed by atoms with Crippen molar-refractivity contribution >= 4 is 17.3 Å². The van der Waals surface area contributed by atoms with Gasteiger partial charge in [-0.25, -0.2) is 0 Å². The number of ketones is 2. The number of nitrogens with zero attached hydrogens (tertiary/aromatic N) is 1. The topological polar surface area (TPSA) is 76.0 Å². The Labute approximate surface area is 149 Å². The lowest BCUT2D eigenvalue weighted by molar-refractivity contribution is -0.136. The van der Waals surface area contributed by atoms with Crippen LogP contribution in [-0.4, -0.2) is 29.2 Å². The number of hydrogen-bond donors (Lipinski definition) is 1. The predicted molar refractivity (Wildman–Crippen MR) is 92.7 cm³/mol. The monoisotopic (exact) mass is 347 g/mol. The van der Waals surface area contributed by atoms with Crippen LogP contribution in [0.25, 0.3) is 0 Å². The van der Waals surface area contributed by atoms with E-state index >= 15 is 0 Å². The Bertz CT molecular complexity index is 629. The van der Waals surface area contributed by atoms with Crippen LogP contribution >= 0.6 is 0 Å². The van der Waals surface area contributed by atoms with Gasteiger partial charge in [0.15, 0.2) is 0 Å². The van der Waals surface area contributed by atoms with Gasteiger partial charge >= 0.3 is 0 Å². The van der Waals surface area contributed by atoms with Gasteiger partial charge in [0.25, 0.3) is 0 Å². The lowest BCUT2D eigenvalue weighted by Gasteiger charge is -2.59. The second-order valence-corrected chi connectivity index (χ2v) is 9.14. The van der Waals surface area contributed by atoms with Crippen LogP contribution in [0.2, 0.25) is 0 Å². The summed E-state index contributed by atoms with van der Waals surface area (Å²) in [6.45, 7) is 4.06. The highest BCUT2D eigenvalue weighted by molar-refractivity contribution is 5.94. The van der Waals surface area contributed by atoms with Crippen molar-refractivity contribution in [1.82, 2.24) is 0 Å². The molecular formula is C20H29NO4. The minimum absolute atomic E-state index is 0.0570. The smallest absolute Gasteiger partial charge is 0.214 e. The summed E-state index contributed by atoms with van der Waals surface area (Å²) in [6.07, 6.45) is 6.71. The lowest BCUT2D eigenvalue weighted by atomic mass is 9.45. The molecule has 0 radical (unpaired) electrons. The van der Waals surface area contributed by atoms with Crippen LogP contribution in [-0.2, 0) is 14.4 Å². The molecule has 4 rings (SSSR count). The highest BCUT2D eigenvalue weighted by Crippen LogP contribution is 2.64. The summed E-state index contributed by atoms with van der Waals surface area (Å²) in [6, 6.07) is 0. The fourth-order valence-electron chi connectivity index (χ4n) is 6.85. The molecule has 0 heterocycles. The van der Waals surface area contributed by atoms with Gasteiger partial charge in [-0.1, -0.05) is 19.0 Å². The Balaban J connectivity index is 1.72. The quantitative estimate of drug-likeness (QED) is 0.615. The molecule has 138 valence electrons. The standard InChI is InChI=1S/C20H29NO4/c1-19-7-5-12(23)9-16(19)17(21-25-11-22)10-13-14-3-4-18(24)20(14,2)8-6-15(13)19/h13-16,22H,3-11H2,1-2H3/b21-17+/t13-,14-,15-,16?,19+,20-/m0/s1. The zero-order valence-corrected chi connectivity index (χ0v) is 15.3. The average molecular weight is 347 g/mol. The molecule has 5 nitrogen and oxygen atoms in total. The second-order valence-electron chi connectivity index (χ2n) is 9.14. The number of carbonyl (C=O) groups excluding carboxylic acids is 2. The van der Waals surface area contributed by atoms with E-state index in [0.29, 0.717) is 48.6 Å². The van der Waals surface area contributed by atoms with Gasteiger partial charge in [-0.2, -0.15) is 0 Å². The number of Topliss-reactive ketones (excluding diaryl/α,β-unsaturated/α-hetero) is 2. The molecule has 0 aromatic rings. The van der Waals surface area contributed by atoms with Crippen LogP contribution in [0.4, 0.5) is 0 Å². The first-order chi connectivity index (χ1) is 11.9. The predicted octanol–water partition coefficient (Wildman–Crippen LogP) is 3.10. The molecule has 25 heavy (non-hydrogen) atoms. The van der Waals surface area contributed by atoms with E-state index in [1.807, 2.05) is 0 Å². The summed E-state index contributed by atoms with van der Waals surface area (Å²) in [5, 5.41) is 13.3. The van der Waals surface area contributed by atoms with E-state index < -0.39 is 6.79 Å². The molecule has 0 amide bonds. The summed E-state index contributed by atoms with van der Waals surface area (Å²) in [5.74, 6) is 2.31. The summed E-state index contributed by atoms with van der Waals surface area (Å²) >= 11 is 0. The molecule has 6 atom stereocenters. The molecule has 4 fully saturated rings. The first-order valence-corrected chi connectivity index (χ1v) is 9.75. The number of carbonyl (C=O) groups is 2. The Morgan fingerprint density at radius 3 is 2.68 bits per heavy atom. The Morgan fingerprint density at radius 1 is 1.12 bits per heavy atom. The third-order valence-corrected chi connectivity index (χ3v) is 8.25. The first kappa shape index (κ1) is 17.2. The van der Waals surface area contributed by atoms with E-state index in [-0.39, 0.29) is 16.7 Å². The van der Waals surface area contributed by atoms with Crippen LogP contribution in [0.15, 0.2) is 5.16 Å². The zero-order valence-electron chi connectivity index (χ0n) is 15.3. The minimum atomic E-state index is -0.436. The van der Waals surface area contributed by atoms with Gasteiger partial charge < -0.3 is 9.94 Å². The summed E-state index contributed by atoms with van der Waals surface area (Å²) in [4.78, 5) is 29.7. The van der Waals surface area contributed by atoms with E-state index in [4.69, 9.17) is 9.94 Å². The number of oxime groups is 1. The maximum absolute atomic E-state index is 12.5. The lowest BCUT2D eigenvalue weighted by Crippen LogP contribution is -2.56. The Kier molecular flexibility index (Phi) is 4.06. The molecule has 0 saturated heterocycles. The van der Waals surface area contributed by atoms with Gasteiger partial charge in [0.1, 0.15) is 11.6 Å². The Hall–Kier alpha value is -1.23. The largest absolute Gasteiger partial charge is 0.367 e. The van der Waals surface area contributed by atoms with E-state index in [0.717, 1.165) is 37.8 Å². The van der Waals surface area contributed by atoms with Crippen molar-refractivity contribution in [3.8, 4) is 0 Å². The molecule has 0 aromatic heterocycles. The summed E-state index contributed by atoms with van der Waals surface area (Å²) in [7, 11) is 0. The molecule has 0 aliphatic heterocycles. The minimum Gasteiger partial charge on any atom is -0.367 e. The van der Waals surface area contributed by atoms with Crippen molar-refractivity contribution in [1.29, 1.82) is 0 Å². The van der Waals surface area contributed by atoms with E-state index in [1.54, 1.807) is 0 Å². The van der Waals surface area contributed by atoms with E-state index in [2.05, 4.69) is 19.0 Å². The maximum atomic E-state index is 12.5. The van der Waals surface area contributed by atoms with Crippen molar-refractivity contribution in [2.45, 2.75) is 65.2 Å². The second kappa shape index (κ2) is 5.90. The van der Waals surface area contributed by atoms with Gasteiger partial charge in [0.05, 0.1) is 5.71 Å². The average Bonchev–Trinajstić information content (AvgIpc) is 2.89. The number of aliphatic hydroxyl groups is 1. The Morgan fingerprint density at radius 2 is 1.92 bits per heavy atom. The van der Waals surface area contributed by atoms with Gasteiger partial charge in [0.2, 0.25) is 6.79 Å². The van der Waals surface area contributed by atoms with Gasteiger partial charge in [-0.05, 0) is 55.3 Å². The van der Waals surface area contributed by atoms with Crippen LogP contribution in [0.5, 0.6) is 0 Å².